The first-order valence-electron chi connectivity index (χ1n) is 8.33. The topological polar surface area (TPSA) is 64.0 Å². The summed E-state index contributed by atoms with van der Waals surface area (Å²) < 4.78 is 14.7. The van der Waals surface area contributed by atoms with E-state index in [0.717, 1.165) is 6.07 Å². The lowest BCUT2D eigenvalue weighted by atomic mass is 10.2. The van der Waals surface area contributed by atoms with Crippen LogP contribution in [0.3, 0.4) is 0 Å². The lowest BCUT2D eigenvalue weighted by Crippen LogP contribution is -2.26. The normalized spacial score (nSPS) is 12.1. The van der Waals surface area contributed by atoms with Crippen LogP contribution < -0.4 is 10.9 Å². The average Bonchev–Trinajstić information content (AvgIpc) is 2.64. The highest BCUT2D eigenvalue weighted by molar-refractivity contribution is 8.00. The maximum absolute atomic E-state index is 13.1. The minimum Gasteiger partial charge on any atom is -0.324 e. The SMILES string of the molecule is CCn1c(S[C@H](C)C(=O)Nc2ccc(F)cc2Cl)nc2ccccc2c1=O. The number of amides is 1. The van der Waals surface area contributed by atoms with Crippen LogP contribution in [-0.4, -0.2) is 20.7 Å². The van der Waals surface area contributed by atoms with Gasteiger partial charge in [0, 0.05) is 6.54 Å². The molecule has 0 aliphatic rings. The molecular weight excluding hydrogens is 389 g/mol. The molecule has 140 valence electrons. The number of para-hydroxylation sites is 1. The zero-order valence-electron chi connectivity index (χ0n) is 14.7. The standard InChI is InChI=1S/C19H17ClFN3O2S/c1-3-24-18(26)13-6-4-5-7-15(13)23-19(24)27-11(2)17(25)22-16-9-8-12(21)10-14(16)20/h4-11H,3H2,1-2H3,(H,22,25)/t11-/m1/s1. The number of benzene rings is 2. The van der Waals surface area contributed by atoms with Crippen LogP contribution in [0.25, 0.3) is 10.9 Å². The van der Waals surface area contributed by atoms with Gasteiger partial charge in [-0.15, -0.1) is 0 Å². The van der Waals surface area contributed by atoms with Crippen molar-refractivity contribution < 1.29 is 9.18 Å². The molecule has 0 spiro atoms. The van der Waals surface area contributed by atoms with Crippen LogP contribution in [0.5, 0.6) is 0 Å². The summed E-state index contributed by atoms with van der Waals surface area (Å²) in [5.41, 5.74) is 0.776. The Bertz CT molecular complexity index is 1070. The first kappa shape index (κ1) is 19.4. The van der Waals surface area contributed by atoms with E-state index >= 15 is 0 Å². The molecule has 0 saturated heterocycles. The van der Waals surface area contributed by atoms with Gasteiger partial charge in [0.1, 0.15) is 5.82 Å². The van der Waals surface area contributed by atoms with Crippen molar-refractivity contribution in [3.8, 4) is 0 Å². The maximum Gasteiger partial charge on any atom is 0.262 e. The molecule has 1 atom stereocenters. The molecule has 8 heteroatoms. The summed E-state index contributed by atoms with van der Waals surface area (Å²) in [6.45, 7) is 4.00. The van der Waals surface area contributed by atoms with E-state index in [1.807, 2.05) is 13.0 Å². The van der Waals surface area contributed by atoms with Gasteiger partial charge in [0.2, 0.25) is 5.91 Å². The van der Waals surface area contributed by atoms with Crippen molar-refractivity contribution in [2.45, 2.75) is 30.8 Å². The second-order valence-corrected chi connectivity index (χ2v) is 7.55. The van der Waals surface area contributed by atoms with Crippen LogP contribution in [-0.2, 0) is 11.3 Å². The van der Waals surface area contributed by atoms with Gasteiger partial charge in [0.05, 0.1) is 26.9 Å². The molecule has 1 amide bonds. The number of hydrogen-bond donors (Lipinski definition) is 1. The highest BCUT2D eigenvalue weighted by atomic mass is 35.5. The molecule has 1 N–H and O–H groups in total. The third-order valence-corrected chi connectivity index (χ3v) is 5.39. The minimum atomic E-state index is -0.544. The monoisotopic (exact) mass is 405 g/mol. The number of carbonyl (C=O) groups is 1. The minimum absolute atomic E-state index is 0.120. The summed E-state index contributed by atoms with van der Waals surface area (Å²) in [7, 11) is 0. The molecule has 0 radical (unpaired) electrons. The Morgan fingerprint density at radius 2 is 2.07 bits per heavy atom. The van der Waals surface area contributed by atoms with Gasteiger partial charge in [-0.25, -0.2) is 9.37 Å². The van der Waals surface area contributed by atoms with Crippen molar-refractivity contribution in [1.82, 2.24) is 9.55 Å². The van der Waals surface area contributed by atoms with Gasteiger partial charge in [-0.2, -0.15) is 0 Å². The lowest BCUT2D eigenvalue weighted by molar-refractivity contribution is -0.115. The first-order chi connectivity index (χ1) is 12.9. The van der Waals surface area contributed by atoms with Crippen LogP contribution in [0, 0.1) is 5.82 Å². The molecule has 2 aromatic carbocycles. The number of halogens is 2. The number of anilines is 1. The van der Waals surface area contributed by atoms with Gasteiger partial charge >= 0.3 is 0 Å². The second-order valence-electron chi connectivity index (χ2n) is 5.83. The Kier molecular flexibility index (Phi) is 5.82. The highest BCUT2D eigenvalue weighted by Gasteiger charge is 2.20. The van der Waals surface area contributed by atoms with E-state index in [1.54, 1.807) is 29.7 Å². The van der Waals surface area contributed by atoms with Crippen LogP contribution in [0.4, 0.5) is 10.1 Å². The molecule has 0 aliphatic carbocycles. The number of fused-ring (bicyclic) bond motifs is 1. The third kappa shape index (κ3) is 4.14. The van der Waals surface area contributed by atoms with Crippen molar-refractivity contribution in [3.63, 3.8) is 0 Å². The molecule has 1 aromatic heterocycles. The lowest BCUT2D eigenvalue weighted by Gasteiger charge is -2.15. The van der Waals surface area contributed by atoms with Gasteiger partial charge in [0.15, 0.2) is 5.16 Å². The number of aromatic nitrogens is 2. The molecule has 3 rings (SSSR count). The van der Waals surface area contributed by atoms with Gasteiger partial charge in [-0.1, -0.05) is 35.5 Å². The zero-order valence-corrected chi connectivity index (χ0v) is 16.3. The van der Waals surface area contributed by atoms with Crippen molar-refractivity contribution in [3.05, 3.63) is 63.7 Å². The largest absolute Gasteiger partial charge is 0.324 e. The van der Waals surface area contributed by atoms with Crippen molar-refractivity contribution in [2.75, 3.05) is 5.32 Å². The molecule has 27 heavy (non-hydrogen) atoms. The summed E-state index contributed by atoms with van der Waals surface area (Å²) >= 11 is 7.14. The summed E-state index contributed by atoms with van der Waals surface area (Å²) in [6.07, 6.45) is 0. The Morgan fingerprint density at radius 1 is 1.33 bits per heavy atom. The quantitative estimate of drug-likeness (QED) is 0.507. The number of hydrogen-bond acceptors (Lipinski definition) is 4. The van der Waals surface area contributed by atoms with Gasteiger partial charge < -0.3 is 5.32 Å². The van der Waals surface area contributed by atoms with Crippen LogP contribution >= 0.6 is 23.4 Å². The van der Waals surface area contributed by atoms with E-state index in [0.29, 0.717) is 28.3 Å². The van der Waals surface area contributed by atoms with Gasteiger partial charge in [0.25, 0.3) is 5.56 Å². The Balaban J connectivity index is 1.85. The fourth-order valence-corrected chi connectivity index (χ4v) is 3.74. The fraction of sp³-hybridized carbons (Fsp3) is 0.211. The predicted molar refractivity (Wildman–Crippen MR) is 107 cm³/mol. The van der Waals surface area contributed by atoms with E-state index < -0.39 is 11.1 Å². The molecule has 0 saturated carbocycles. The van der Waals surface area contributed by atoms with E-state index in [9.17, 15) is 14.0 Å². The molecule has 1 heterocycles. The predicted octanol–water partition coefficient (Wildman–Crippen LogP) is 4.33. The van der Waals surface area contributed by atoms with E-state index in [2.05, 4.69) is 10.3 Å². The van der Waals surface area contributed by atoms with Crippen LogP contribution in [0.2, 0.25) is 5.02 Å². The number of rotatable bonds is 5. The zero-order chi connectivity index (χ0) is 19.6. The van der Waals surface area contributed by atoms with Gasteiger partial charge in [-0.05, 0) is 44.2 Å². The van der Waals surface area contributed by atoms with Gasteiger partial charge in [-0.3, -0.25) is 14.2 Å². The van der Waals surface area contributed by atoms with E-state index in [-0.39, 0.29) is 16.5 Å². The van der Waals surface area contributed by atoms with E-state index in [1.165, 1.54) is 23.9 Å². The number of nitrogens with zero attached hydrogens (tertiary/aromatic N) is 2. The van der Waals surface area contributed by atoms with Crippen molar-refractivity contribution in [2.24, 2.45) is 0 Å². The Labute approximate surface area is 164 Å². The van der Waals surface area contributed by atoms with Crippen LogP contribution in [0.1, 0.15) is 13.8 Å². The Hall–Kier alpha value is -2.38. The van der Waals surface area contributed by atoms with Crippen molar-refractivity contribution >= 4 is 45.9 Å². The molecule has 3 aromatic rings. The van der Waals surface area contributed by atoms with Crippen LogP contribution in [0.15, 0.2) is 52.4 Å². The summed E-state index contributed by atoms with van der Waals surface area (Å²) in [5, 5.41) is 3.26. The molecule has 5 nitrogen and oxygen atoms in total. The molecule has 0 fully saturated rings. The fourth-order valence-electron chi connectivity index (χ4n) is 2.55. The molecular formula is C19H17ClFN3O2S. The Morgan fingerprint density at radius 3 is 2.78 bits per heavy atom. The summed E-state index contributed by atoms with van der Waals surface area (Å²) in [6, 6.07) is 10.9. The number of thioether (sulfide) groups is 1. The summed E-state index contributed by atoms with van der Waals surface area (Å²) in [4.78, 5) is 29.7. The second kappa shape index (κ2) is 8.10. The number of nitrogens with one attached hydrogen (secondary N) is 1. The highest BCUT2D eigenvalue weighted by Crippen LogP contribution is 2.26. The smallest absolute Gasteiger partial charge is 0.262 e. The average molecular weight is 406 g/mol. The third-order valence-electron chi connectivity index (χ3n) is 3.98. The number of carbonyl (C=O) groups excluding carboxylic acids is 1. The first-order valence-corrected chi connectivity index (χ1v) is 9.58. The molecule has 0 bridgehead atoms. The maximum atomic E-state index is 13.1. The molecule has 0 aliphatic heterocycles. The molecule has 0 unspecified atom stereocenters. The van der Waals surface area contributed by atoms with Crippen molar-refractivity contribution in [1.29, 1.82) is 0 Å². The van der Waals surface area contributed by atoms with E-state index in [4.69, 9.17) is 11.6 Å². The summed E-state index contributed by atoms with van der Waals surface area (Å²) in [5.74, 6) is -0.800.